The molecule has 0 spiro atoms. The van der Waals surface area contributed by atoms with Gasteiger partial charge < -0.3 is 15.0 Å². The highest BCUT2D eigenvalue weighted by Crippen LogP contribution is 2.43. The largest absolute Gasteiger partial charge is 0.396 e. The minimum atomic E-state index is -0.394. The van der Waals surface area contributed by atoms with Gasteiger partial charge in [0.2, 0.25) is 5.91 Å². The second-order valence-electron chi connectivity index (χ2n) is 9.59. The predicted octanol–water partition coefficient (Wildman–Crippen LogP) is 2.36. The number of allylic oxidation sites excluding steroid dienone is 2. The summed E-state index contributed by atoms with van der Waals surface area (Å²) >= 11 is 0. The molecular weight excluding hydrogens is 378 g/mol. The standard InChI is InChI=1S/C24H33N3O3/c28-14-19-18-13-27-20(11-10-17(24(27)30)16-8-4-5-9-16)21(18)26-22(19)23(29)25-12-15-6-2-1-3-7-15/h8,10-11,15,18-19,21-22,26,28H,1-7,9,12-14H2,(H,25,29)/t18-,19-,21+,22-/m0/s1. The number of hydrogen-bond acceptors (Lipinski definition) is 4. The summed E-state index contributed by atoms with van der Waals surface area (Å²) in [6.45, 7) is 1.26. The normalized spacial score (nSPS) is 30.8. The van der Waals surface area contributed by atoms with Crippen LogP contribution in [-0.4, -0.2) is 34.8 Å². The van der Waals surface area contributed by atoms with Gasteiger partial charge in [0.15, 0.2) is 0 Å². The van der Waals surface area contributed by atoms with Crippen molar-refractivity contribution in [3.63, 3.8) is 0 Å². The van der Waals surface area contributed by atoms with Crippen LogP contribution in [0.25, 0.3) is 5.57 Å². The van der Waals surface area contributed by atoms with Crippen molar-refractivity contribution in [2.75, 3.05) is 13.2 Å². The van der Waals surface area contributed by atoms with Crippen LogP contribution in [0.2, 0.25) is 0 Å². The van der Waals surface area contributed by atoms with E-state index in [0.29, 0.717) is 12.5 Å². The van der Waals surface area contributed by atoms with E-state index in [1.54, 1.807) is 0 Å². The number of aromatic nitrogens is 1. The third kappa shape index (κ3) is 3.44. The number of amides is 1. The molecule has 3 heterocycles. The maximum absolute atomic E-state index is 13.1. The number of carbonyl (C=O) groups is 1. The molecule has 4 atom stereocenters. The fraction of sp³-hybridized carbons (Fsp3) is 0.667. The highest BCUT2D eigenvalue weighted by molar-refractivity contribution is 5.82. The molecule has 4 aliphatic rings. The van der Waals surface area contributed by atoms with Gasteiger partial charge in [-0.2, -0.15) is 0 Å². The number of nitrogens with zero attached hydrogens (tertiary/aromatic N) is 1. The summed E-state index contributed by atoms with van der Waals surface area (Å²) in [5.41, 5.74) is 3.01. The summed E-state index contributed by atoms with van der Waals surface area (Å²) in [4.78, 5) is 26.1. The highest BCUT2D eigenvalue weighted by Gasteiger charge is 2.50. The third-order valence-electron chi connectivity index (χ3n) is 7.86. The molecule has 5 rings (SSSR count). The van der Waals surface area contributed by atoms with Crippen LogP contribution in [0.5, 0.6) is 0 Å². The van der Waals surface area contributed by atoms with Gasteiger partial charge in [0.05, 0.1) is 12.1 Å². The Bertz CT molecular complexity index is 899. The molecule has 1 amide bonds. The summed E-state index contributed by atoms with van der Waals surface area (Å²) < 4.78 is 1.87. The van der Waals surface area contributed by atoms with E-state index in [4.69, 9.17) is 0 Å². The second-order valence-corrected chi connectivity index (χ2v) is 9.59. The average Bonchev–Trinajstić information content (AvgIpc) is 3.49. The van der Waals surface area contributed by atoms with E-state index in [1.165, 1.54) is 37.7 Å². The Kier molecular flexibility index (Phi) is 5.54. The Balaban J connectivity index is 1.31. The topological polar surface area (TPSA) is 83.4 Å². The van der Waals surface area contributed by atoms with Crippen molar-refractivity contribution >= 4 is 11.5 Å². The van der Waals surface area contributed by atoms with E-state index in [2.05, 4.69) is 16.7 Å². The number of aliphatic hydroxyl groups is 1. The minimum Gasteiger partial charge on any atom is -0.396 e. The zero-order valence-electron chi connectivity index (χ0n) is 17.6. The van der Waals surface area contributed by atoms with Gasteiger partial charge in [0.25, 0.3) is 5.56 Å². The van der Waals surface area contributed by atoms with Crippen LogP contribution in [0, 0.1) is 17.8 Å². The van der Waals surface area contributed by atoms with Gasteiger partial charge in [-0.15, -0.1) is 0 Å². The number of carbonyl (C=O) groups excluding carboxylic acids is 1. The van der Waals surface area contributed by atoms with E-state index in [9.17, 15) is 14.7 Å². The third-order valence-corrected chi connectivity index (χ3v) is 7.86. The molecule has 0 radical (unpaired) electrons. The Morgan fingerprint density at radius 3 is 2.77 bits per heavy atom. The molecule has 30 heavy (non-hydrogen) atoms. The Morgan fingerprint density at radius 1 is 1.20 bits per heavy atom. The Morgan fingerprint density at radius 2 is 2.03 bits per heavy atom. The number of pyridine rings is 1. The summed E-state index contributed by atoms with van der Waals surface area (Å²) in [5.74, 6) is 0.477. The first-order chi connectivity index (χ1) is 14.7. The van der Waals surface area contributed by atoms with Gasteiger partial charge in [-0.1, -0.05) is 25.3 Å². The van der Waals surface area contributed by atoms with E-state index in [0.717, 1.165) is 37.1 Å². The lowest BCUT2D eigenvalue weighted by Crippen LogP contribution is -2.47. The minimum absolute atomic E-state index is 0.00403. The molecular formula is C24H33N3O3. The fourth-order valence-corrected chi connectivity index (χ4v) is 6.16. The van der Waals surface area contributed by atoms with Crippen molar-refractivity contribution in [2.45, 2.75) is 70.0 Å². The lowest BCUT2D eigenvalue weighted by molar-refractivity contribution is -0.124. The van der Waals surface area contributed by atoms with Crippen LogP contribution in [0.4, 0.5) is 0 Å². The first-order valence-corrected chi connectivity index (χ1v) is 11.7. The van der Waals surface area contributed by atoms with Crippen molar-refractivity contribution in [2.24, 2.45) is 17.8 Å². The van der Waals surface area contributed by atoms with Crippen LogP contribution in [0.3, 0.4) is 0 Å². The molecule has 2 aliphatic heterocycles. The van der Waals surface area contributed by atoms with Gasteiger partial charge in [0, 0.05) is 42.8 Å². The zero-order chi connectivity index (χ0) is 20.7. The van der Waals surface area contributed by atoms with Crippen LogP contribution in [0.15, 0.2) is 23.0 Å². The maximum Gasteiger partial charge on any atom is 0.258 e. The molecule has 6 nitrogen and oxygen atoms in total. The lowest BCUT2D eigenvalue weighted by atomic mass is 9.87. The fourth-order valence-electron chi connectivity index (χ4n) is 6.16. The number of hydrogen-bond donors (Lipinski definition) is 3. The smallest absolute Gasteiger partial charge is 0.258 e. The van der Waals surface area contributed by atoms with Crippen molar-refractivity contribution < 1.29 is 9.90 Å². The summed E-state index contributed by atoms with van der Waals surface area (Å²) in [6.07, 6.45) is 11.5. The lowest BCUT2D eigenvalue weighted by Gasteiger charge is -2.25. The molecule has 0 unspecified atom stereocenters. The van der Waals surface area contributed by atoms with E-state index in [1.807, 2.05) is 16.7 Å². The molecule has 2 fully saturated rings. The van der Waals surface area contributed by atoms with Gasteiger partial charge in [0.1, 0.15) is 0 Å². The van der Waals surface area contributed by atoms with E-state index < -0.39 is 6.04 Å². The quantitative estimate of drug-likeness (QED) is 0.695. The number of nitrogens with one attached hydrogen (secondary N) is 2. The summed E-state index contributed by atoms with van der Waals surface area (Å²) in [5, 5.41) is 16.7. The van der Waals surface area contributed by atoms with Gasteiger partial charge >= 0.3 is 0 Å². The molecule has 0 aromatic carbocycles. The van der Waals surface area contributed by atoms with Crippen LogP contribution in [-0.2, 0) is 11.3 Å². The first kappa shape index (κ1) is 20.0. The Labute approximate surface area is 177 Å². The van der Waals surface area contributed by atoms with Crippen molar-refractivity contribution in [3.8, 4) is 0 Å². The molecule has 1 aromatic rings. The van der Waals surface area contributed by atoms with Gasteiger partial charge in [-0.25, -0.2) is 0 Å². The van der Waals surface area contributed by atoms with Crippen molar-refractivity contribution in [1.82, 2.24) is 15.2 Å². The van der Waals surface area contributed by atoms with Gasteiger partial charge in [-0.05, 0) is 55.7 Å². The van der Waals surface area contributed by atoms with Crippen molar-refractivity contribution in [3.05, 3.63) is 39.8 Å². The molecule has 3 N–H and O–H groups in total. The number of aliphatic hydroxyl groups excluding tert-OH is 1. The monoisotopic (exact) mass is 411 g/mol. The average molecular weight is 412 g/mol. The van der Waals surface area contributed by atoms with Crippen molar-refractivity contribution in [1.29, 1.82) is 0 Å². The zero-order valence-corrected chi connectivity index (χ0v) is 17.6. The molecule has 6 heteroatoms. The van der Waals surface area contributed by atoms with E-state index >= 15 is 0 Å². The molecule has 162 valence electrons. The molecule has 1 saturated carbocycles. The number of fused-ring (bicyclic) bond motifs is 3. The maximum atomic E-state index is 13.1. The SMILES string of the molecule is O=C(NCC1CCCCC1)[C@H]1N[C@H]2c3ccc(C4=CCCC4)c(=O)n3C[C@H]2[C@@H]1CO. The molecule has 1 aromatic heterocycles. The molecule has 1 saturated heterocycles. The van der Waals surface area contributed by atoms with Crippen LogP contribution >= 0.6 is 0 Å². The molecule has 0 bridgehead atoms. The van der Waals surface area contributed by atoms with Gasteiger partial charge in [-0.3, -0.25) is 14.9 Å². The summed E-state index contributed by atoms with van der Waals surface area (Å²) in [7, 11) is 0. The van der Waals surface area contributed by atoms with Crippen LogP contribution < -0.4 is 16.2 Å². The number of rotatable bonds is 5. The Hall–Kier alpha value is -1.92. The highest BCUT2D eigenvalue weighted by atomic mass is 16.3. The predicted molar refractivity (Wildman–Crippen MR) is 116 cm³/mol. The van der Waals surface area contributed by atoms with E-state index in [-0.39, 0.29) is 36.0 Å². The summed E-state index contributed by atoms with van der Waals surface area (Å²) in [6, 6.07) is 3.56. The van der Waals surface area contributed by atoms with Crippen LogP contribution in [0.1, 0.15) is 68.7 Å². The molecule has 2 aliphatic carbocycles. The first-order valence-electron chi connectivity index (χ1n) is 11.7. The second kappa shape index (κ2) is 8.31.